The van der Waals surface area contributed by atoms with Crippen LogP contribution in [-0.2, 0) is 16.0 Å². The fourth-order valence-electron chi connectivity index (χ4n) is 3.23. The van der Waals surface area contributed by atoms with Gasteiger partial charge < -0.3 is 10.2 Å². The molecule has 5 heteroatoms. The molecule has 0 spiro atoms. The Kier molecular flexibility index (Phi) is 5.94. The fourth-order valence-corrected chi connectivity index (χ4v) is 3.35. The SMILES string of the molecule is Cc1ccccc1NC(=O)C1CCN(C(=O)Cc2ccc(Cl)cc2)CC1. The molecule has 3 rings (SSSR count). The summed E-state index contributed by atoms with van der Waals surface area (Å²) in [5.41, 5.74) is 2.87. The van der Waals surface area contributed by atoms with E-state index in [-0.39, 0.29) is 17.7 Å². The number of hydrogen-bond donors (Lipinski definition) is 1. The number of anilines is 1. The van der Waals surface area contributed by atoms with Gasteiger partial charge in [-0.25, -0.2) is 0 Å². The molecule has 1 heterocycles. The smallest absolute Gasteiger partial charge is 0.227 e. The van der Waals surface area contributed by atoms with Crippen molar-refractivity contribution < 1.29 is 9.59 Å². The molecule has 0 aliphatic carbocycles. The lowest BCUT2D eigenvalue weighted by Crippen LogP contribution is -2.42. The third kappa shape index (κ3) is 4.64. The number of likely N-dealkylation sites (tertiary alicyclic amines) is 1. The number of nitrogens with zero attached hydrogens (tertiary/aromatic N) is 1. The average Bonchev–Trinajstić information content (AvgIpc) is 2.65. The van der Waals surface area contributed by atoms with Gasteiger partial charge in [-0.15, -0.1) is 0 Å². The number of piperidine rings is 1. The van der Waals surface area contributed by atoms with E-state index in [0.29, 0.717) is 37.4 Å². The number of aryl methyl sites for hydroxylation is 1. The summed E-state index contributed by atoms with van der Waals surface area (Å²) < 4.78 is 0. The van der Waals surface area contributed by atoms with Crippen molar-refractivity contribution in [3.63, 3.8) is 0 Å². The van der Waals surface area contributed by atoms with Gasteiger partial charge in [0.2, 0.25) is 11.8 Å². The van der Waals surface area contributed by atoms with Gasteiger partial charge in [-0.2, -0.15) is 0 Å². The fraction of sp³-hybridized carbons (Fsp3) is 0.333. The maximum Gasteiger partial charge on any atom is 0.227 e. The van der Waals surface area contributed by atoms with Crippen molar-refractivity contribution in [3.05, 3.63) is 64.7 Å². The molecule has 136 valence electrons. The number of nitrogens with one attached hydrogen (secondary N) is 1. The van der Waals surface area contributed by atoms with Crippen LogP contribution in [0.25, 0.3) is 0 Å². The van der Waals surface area contributed by atoms with Crippen LogP contribution in [0.1, 0.15) is 24.0 Å². The van der Waals surface area contributed by atoms with E-state index in [4.69, 9.17) is 11.6 Å². The molecule has 1 saturated heterocycles. The second kappa shape index (κ2) is 8.37. The predicted molar refractivity (Wildman–Crippen MR) is 104 cm³/mol. The van der Waals surface area contributed by atoms with Crippen LogP contribution >= 0.6 is 11.6 Å². The van der Waals surface area contributed by atoms with Crippen molar-refractivity contribution in [1.82, 2.24) is 4.90 Å². The van der Waals surface area contributed by atoms with Gasteiger partial charge in [-0.1, -0.05) is 41.9 Å². The number of amides is 2. The second-order valence-electron chi connectivity index (χ2n) is 6.76. The van der Waals surface area contributed by atoms with Crippen LogP contribution in [0, 0.1) is 12.8 Å². The molecular weight excluding hydrogens is 348 g/mol. The molecule has 0 saturated carbocycles. The molecule has 1 N–H and O–H groups in total. The quantitative estimate of drug-likeness (QED) is 0.882. The van der Waals surface area contributed by atoms with Gasteiger partial charge in [0.25, 0.3) is 0 Å². The van der Waals surface area contributed by atoms with Crippen LogP contribution in [0.3, 0.4) is 0 Å². The third-order valence-corrected chi connectivity index (χ3v) is 5.14. The van der Waals surface area contributed by atoms with Crippen molar-refractivity contribution in [1.29, 1.82) is 0 Å². The van der Waals surface area contributed by atoms with Crippen molar-refractivity contribution in [3.8, 4) is 0 Å². The molecule has 0 atom stereocenters. The Morgan fingerprint density at radius 3 is 2.38 bits per heavy atom. The van der Waals surface area contributed by atoms with E-state index in [2.05, 4.69) is 5.32 Å². The maximum absolute atomic E-state index is 12.5. The first-order chi connectivity index (χ1) is 12.5. The van der Waals surface area contributed by atoms with Gasteiger partial charge >= 0.3 is 0 Å². The first-order valence-corrected chi connectivity index (χ1v) is 9.29. The number of carbonyl (C=O) groups is 2. The Labute approximate surface area is 159 Å². The van der Waals surface area contributed by atoms with Crippen LogP contribution in [0.4, 0.5) is 5.69 Å². The molecule has 0 radical (unpaired) electrons. The van der Waals surface area contributed by atoms with Crippen LogP contribution in [0.2, 0.25) is 5.02 Å². The zero-order valence-electron chi connectivity index (χ0n) is 14.9. The van der Waals surface area contributed by atoms with Gasteiger partial charge in [0, 0.05) is 29.7 Å². The van der Waals surface area contributed by atoms with Crippen molar-refractivity contribution in [2.75, 3.05) is 18.4 Å². The zero-order chi connectivity index (χ0) is 18.5. The van der Waals surface area contributed by atoms with Gasteiger partial charge in [-0.05, 0) is 49.1 Å². The number of benzene rings is 2. The minimum atomic E-state index is -0.0470. The lowest BCUT2D eigenvalue weighted by molar-refractivity contribution is -0.133. The standard InChI is InChI=1S/C21H23ClN2O2/c1-15-4-2-3-5-19(15)23-21(26)17-10-12-24(13-11-17)20(25)14-16-6-8-18(22)9-7-16/h2-9,17H,10-14H2,1H3,(H,23,26). The topological polar surface area (TPSA) is 49.4 Å². The minimum absolute atomic E-state index is 0.0455. The molecule has 1 aliphatic heterocycles. The Bertz CT molecular complexity index is 781. The molecule has 2 amide bonds. The normalized spacial score (nSPS) is 14.9. The molecular formula is C21H23ClN2O2. The molecule has 0 aromatic heterocycles. The lowest BCUT2D eigenvalue weighted by atomic mass is 9.95. The molecule has 1 aliphatic rings. The van der Waals surface area contributed by atoms with Crippen molar-refractivity contribution >= 4 is 29.1 Å². The van der Waals surface area contributed by atoms with Crippen molar-refractivity contribution in [2.45, 2.75) is 26.2 Å². The molecule has 26 heavy (non-hydrogen) atoms. The molecule has 0 bridgehead atoms. The van der Waals surface area contributed by atoms with Crippen LogP contribution < -0.4 is 5.32 Å². The second-order valence-corrected chi connectivity index (χ2v) is 7.20. The largest absolute Gasteiger partial charge is 0.342 e. The third-order valence-electron chi connectivity index (χ3n) is 4.89. The van der Waals surface area contributed by atoms with Crippen LogP contribution in [0.15, 0.2) is 48.5 Å². The summed E-state index contributed by atoms with van der Waals surface area (Å²) in [4.78, 5) is 26.8. The molecule has 0 unspecified atom stereocenters. The summed E-state index contributed by atoms with van der Waals surface area (Å²) in [6, 6.07) is 15.1. The summed E-state index contributed by atoms with van der Waals surface area (Å²) in [5, 5.41) is 3.68. The first-order valence-electron chi connectivity index (χ1n) is 8.91. The highest BCUT2D eigenvalue weighted by Gasteiger charge is 2.27. The summed E-state index contributed by atoms with van der Waals surface area (Å²) in [5.74, 6) is 0.100. The number of halogens is 1. The molecule has 1 fully saturated rings. The highest BCUT2D eigenvalue weighted by molar-refractivity contribution is 6.30. The van der Waals surface area contributed by atoms with E-state index in [1.807, 2.05) is 48.2 Å². The molecule has 2 aromatic carbocycles. The minimum Gasteiger partial charge on any atom is -0.342 e. The highest BCUT2D eigenvalue weighted by Crippen LogP contribution is 2.22. The van der Waals surface area contributed by atoms with E-state index in [1.165, 1.54) is 0 Å². The lowest BCUT2D eigenvalue weighted by Gasteiger charge is -2.31. The van der Waals surface area contributed by atoms with E-state index in [0.717, 1.165) is 16.8 Å². The number of carbonyl (C=O) groups excluding carboxylic acids is 2. The number of rotatable bonds is 4. The van der Waals surface area contributed by atoms with E-state index < -0.39 is 0 Å². The molecule has 4 nitrogen and oxygen atoms in total. The van der Waals surface area contributed by atoms with Gasteiger partial charge in [0.15, 0.2) is 0 Å². The first kappa shape index (κ1) is 18.5. The highest BCUT2D eigenvalue weighted by atomic mass is 35.5. The van der Waals surface area contributed by atoms with E-state index in [9.17, 15) is 9.59 Å². The zero-order valence-corrected chi connectivity index (χ0v) is 15.6. The summed E-state index contributed by atoms with van der Waals surface area (Å²) in [7, 11) is 0. The summed E-state index contributed by atoms with van der Waals surface area (Å²) in [6.45, 7) is 3.23. The molecule has 2 aromatic rings. The van der Waals surface area contributed by atoms with Gasteiger partial charge in [0.1, 0.15) is 0 Å². The Hall–Kier alpha value is -2.33. The number of hydrogen-bond acceptors (Lipinski definition) is 2. The van der Waals surface area contributed by atoms with E-state index >= 15 is 0 Å². The Balaban J connectivity index is 1.50. The van der Waals surface area contributed by atoms with Crippen molar-refractivity contribution in [2.24, 2.45) is 5.92 Å². The Morgan fingerprint density at radius 2 is 1.73 bits per heavy atom. The summed E-state index contributed by atoms with van der Waals surface area (Å²) in [6.07, 6.45) is 1.77. The van der Waals surface area contributed by atoms with Gasteiger partial charge in [-0.3, -0.25) is 9.59 Å². The van der Waals surface area contributed by atoms with Gasteiger partial charge in [0.05, 0.1) is 6.42 Å². The van der Waals surface area contributed by atoms with Crippen LogP contribution in [-0.4, -0.2) is 29.8 Å². The summed E-state index contributed by atoms with van der Waals surface area (Å²) >= 11 is 5.88. The van der Waals surface area contributed by atoms with Crippen LogP contribution in [0.5, 0.6) is 0 Å². The predicted octanol–water partition coefficient (Wildman–Crippen LogP) is 4.07. The number of para-hydroxylation sites is 1. The Morgan fingerprint density at radius 1 is 1.08 bits per heavy atom. The average molecular weight is 371 g/mol. The van der Waals surface area contributed by atoms with E-state index in [1.54, 1.807) is 12.1 Å². The monoisotopic (exact) mass is 370 g/mol. The maximum atomic E-state index is 12.5.